The van der Waals surface area contributed by atoms with E-state index in [-0.39, 0.29) is 17.3 Å². The summed E-state index contributed by atoms with van der Waals surface area (Å²) in [7, 11) is 0. The summed E-state index contributed by atoms with van der Waals surface area (Å²) >= 11 is 0. The van der Waals surface area contributed by atoms with Crippen LogP contribution in [0, 0.1) is 18.2 Å². The van der Waals surface area contributed by atoms with Gasteiger partial charge in [-0.2, -0.15) is 4.98 Å². The number of nitrogens with two attached hydrogens (primary N) is 1. The minimum atomic E-state index is -0.200. The summed E-state index contributed by atoms with van der Waals surface area (Å²) in [5.41, 5.74) is 9.04. The summed E-state index contributed by atoms with van der Waals surface area (Å²) in [6.07, 6.45) is 0.731. The highest BCUT2D eigenvalue weighted by atomic mass is 19.1. The predicted molar refractivity (Wildman–Crippen MR) is 123 cm³/mol. The van der Waals surface area contributed by atoms with E-state index in [1.165, 1.54) is 0 Å². The molecule has 0 aliphatic carbocycles. The van der Waals surface area contributed by atoms with E-state index < -0.39 is 0 Å². The molecule has 0 aliphatic heterocycles. The lowest BCUT2D eigenvalue weighted by Crippen LogP contribution is -2.31. The van der Waals surface area contributed by atoms with Gasteiger partial charge in [-0.15, -0.1) is 0 Å². The van der Waals surface area contributed by atoms with Gasteiger partial charge in [-0.1, -0.05) is 51.1 Å². The topological polar surface area (TPSA) is 75.9 Å². The molecule has 0 fully saturated rings. The second kappa shape index (κ2) is 8.96. The molecule has 0 spiro atoms. The van der Waals surface area contributed by atoms with Crippen LogP contribution >= 0.6 is 0 Å². The molecule has 0 unspecified atom stereocenters. The largest absolute Gasteiger partial charge is 0.366 e. The molecular formula is C24H32FN5. The zero-order chi connectivity index (χ0) is 21.9. The minimum Gasteiger partial charge on any atom is -0.366 e. The number of aromatic nitrogens is 2. The second-order valence-corrected chi connectivity index (χ2v) is 8.88. The molecule has 1 aromatic heterocycles. The fraction of sp³-hybridized carbons (Fsp3) is 0.417. The van der Waals surface area contributed by atoms with Crippen LogP contribution in [0.25, 0.3) is 10.9 Å². The van der Waals surface area contributed by atoms with Gasteiger partial charge >= 0.3 is 0 Å². The monoisotopic (exact) mass is 409 g/mol. The fourth-order valence-electron chi connectivity index (χ4n) is 3.20. The van der Waals surface area contributed by atoms with Gasteiger partial charge in [0, 0.05) is 23.5 Å². The second-order valence-electron chi connectivity index (χ2n) is 8.88. The number of nitrogens with one attached hydrogen (secondary N) is 2. The zero-order valence-corrected chi connectivity index (χ0v) is 18.5. The summed E-state index contributed by atoms with van der Waals surface area (Å²) in [4.78, 5) is 9.49. The van der Waals surface area contributed by atoms with Crippen molar-refractivity contribution < 1.29 is 4.39 Å². The highest BCUT2D eigenvalue weighted by Gasteiger charge is 2.22. The van der Waals surface area contributed by atoms with Gasteiger partial charge in [0.1, 0.15) is 11.6 Å². The van der Waals surface area contributed by atoms with Crippen LogP contribution in [0.1, 0.15) is 44.4 Å². The van der Waals surface area contributed by atoms with Crippen LogP contribution < -0.4 is 16.4 Å². The van der Waals surface area contributed by atoms with Gasteiger partial charge in [0.15, 0.2) is 0 Å². The normalized spacial score (nSPS) is 12.8. The van der Waals surface area contributed by atoms with Crippen LogP contribution in [0.4, 0.5) is 16.2 Å². The number of aryl methyl sites for hydroxylation is 1. The van der Waals surface area contributed by atoms with E-state index in [4.69, 9.17) is 15.7 Å². The van der Waals surface area contributed by atoms with Crippen LogP contribution in [-0.4, -0.2) is 22.6 Å². The van der Waals surface area contributed by atoms with E-state index in [0.717, 1.165) is 28.7 Å². The number of halogens is 1. The molecule has 1 heterocycles. The molecule has 160 valence electrons. The lowest BCUT2D eigenvalue weighted by molar-refractivity contribution is 0.359. The first kappa shape index (κ1) is 22.0. The molecule has 0 radical (unpaired) electrons. The number of hydrogen-bond donors (Lipinski definition) is 3. The Bertz CT molecular complexity index is 1030. The molecule has 6 heteroatoms. The smallest absolute Gasteiger partial charge is 0.225 e. The van der Waals surface area contributed by atoms with Gasteiger partial charge in [-0.3, -0.25) is 0 Å². The Morgan fingerprint density at radius 3 is 2.47 bits per heavy atom. The van der Waals surface area contributed by atoms with Crippen molar-refractivity contribution >= 4 is 22.7 Å². The van der Waals surface area contributed by atoms with E-state index in [0.29, 0.717) is 30.2 Å². The Labute approximate surface area is 178 Å². The first-order valence-corrected chi connectivity index (χ1v) is 10.4. The average molecular weight is 410 g/mol. The van der Waals surface area contributed by atoms with Crippen molar-refractivity contribution in [1.29, 1.82) is 0 Å². The average Bonchev–Trinajstić information content (AvgIpc) is 2.69. The van der Waals surface area contributed by atoms with Crippen LogP contribution in [0.3, 0.4) is 0 Å². The molecule has 3 rings (SSSR count). The van der Waals surface area contributed by atoms with Crippen molar-refractivity contribution in [1.82, 2.24) is 9.97 Å². The molecule has 3 aromatic rings. The van der Waals surface area contributed by atoms with E-state index in [1.807, 2.05) is 24.3 Å². The number of benzene rings is 2. The minimum absolute atomic E-state index is 0.0599. The Morgan fingerprint density at radius 1 is 1.07 bits per heavy atom. The van der Waals surface area contributed by atoms with Gasteiger partial charge in [-0.05, 0) is 49.4 Å². The molecule has 0 bridgehead atoms. The Kier molecular flexibility index (Phi) is 6.56. The molecule has 1 atom stereocenters. The number of rotatable bonds is 7. The van der Waals surface area contributed by atoms with Gasteiger partial charge in [0.05, 0.1) is 5.52 Å². The molecule has 0 aliphatic rings. The van der Waals surface area contributed by atoms with Crippen molar-refractivity contribution in [2.45, 2.75) is 53.6 Å². The van der Waals surface area contributed by atoms with Crippen LogP contribution in [0.2, 0.25) is 0 Å². The van der Waals surface area contributed by atoms with Gasteiger partial charge in [0.2, 0.25) is 5.95 Å². The molecular weight excluding hydrogens is 377 g/mol. The van der Waals surface area contributed by atoms with Gasteiger partial charge in [0.25, 0.3) is 0 Å². The van der Waals surface area contributed by atoms with Crippen LogP contribution in [0.15, 0.2) is 36.4 Å². The number of nitrogens with zero attached hydrogens (tertiary/aromatic N) is 2. The SMILES string of the molecule is Cc1cccc(CNc2nc(N[C@H](C)C(C)(C)C)c3cccc(CCN)c3n2)c1F. The van der Waals surface area contributed by atoms with Crippen molar-refractivity contribution in [3.05, 3.63) is 58.9 Å². The quantitative estimate of drug-likeness (QED) is 0.510. The number of anilines is 2. The summed E-state index contributed by atoms with van der Waals surface area (Å²) in [5.74, 6) is 1.04. The third kappa shape index (κ3) is 4.87. The first-order chi connectivity index (χ1) is 14.2. The molecule has 0 amide bonds. The highest BCUT2D eigenvalue weighted by Crippen LogP contribution is 2.29. The number of hydrogen-bond acceptors (Lipinski definition) is 5. The zero-order valence-electron chi connectivity index (χ0n) is 18.5. The number of fused-ring (bicyclic) bond motifs is 1. The van der Waals surface area contributed by atoms with Crippen LogP contribution in [0.5, 0.6) is 0 Å². The Balaban J connectivity index is 2.01. The predicted octanol–water partition coefficient (Wildman–Crippen LogP) is 5.04. The summed E-state index contributed by atoms with van der Waals surface area (Å²) in [5, 5.41) is 7.73. The summed E-state index contributed by atoms with van der Waals surface area (Å²) < 4.78 is 14.4. The van der Waals surface area contributed by atoms with Crippen molar-refractivity contribution in [3.63, 3.8) is 0 Å². The molecule has 0 saturated heterocycles. The van der Waals surface area contributed by atoms with Crippen LogP contribution in [-0.2, 0) is 13.0 Å². The van der Waals surface area contributed by atoms with E-state index in [9.17, 15) is 4.39 Å². The van der Waals surface area contributed by atoms with Crippen molar-refractivity contribution in [2.75, 3.05) is 17.2 Å². The maximum Gasteiger partial charge on any atom is 0.225 e. The fourth-order valence-corrected chi connectivity index (χ4v) is 3.20. The first-order valence-electron chi connectivity index (χ1n) is 10.4. The van der Waals surface area contributed by atoms with Gasteiger partial charge < -0.3 is 16.4 Å². The van der Waals surface area contributed by atoms with Gasteiger partial charge in [-0.25, -0.2) is 9.37 Å². The molecule has 4 N–H and O–H groups in total. The molecule has 30 heavy (non-hydrogen) atoms. The Morgan fingerprint density at radius 2 is 1.77 bits per heavy atom. The van der Waals surface area contributed by atoms with Crippen molar-refractivity contribution in [3.8, 4) is 0 Å². The number of para-hydroxylation sites is 1. The summed E-state index contributed by atoms with van der Waals surface area (Å²) in [6.45, 7) is 11.3. The molecule has 5 nitrogen and oxygen atoms in total. The maximum atomic E-state index is 14.4. The highest BCUT2D eigenvalue weighted by molar-refractivity contribution is 5.92. The standard InChI is InChI=1S/C24H32FN5/c1-15-8-6-10-18(20(15)25)14-27-23-29-21-17(12-13-26)9-7-11-19(21)22(30-23)28-16(2)24(3,4)5/h6-11,16H,12-14,26H2,1-5H3,(H2,27,28,29,30)/t16-/m1/s1. The third-order valence-corrected chi connectivity index (χ3v) is 5.58. The Hall–Kier alpha value is -2.73. The molecule has 0 saturated carbocycles. The lowest BCUT2D eigenvalue weighted by atomic mass is 9.88. The van der Waals surface area contributed by atoms with E-state index in [2.05, 4.69) is 38.3 Å². The molecule has 2 aromatic carbocycles. The lowest BCUT2D eigenvalue weighted by Gasteiger charge is -2.29. The maximum absolute atomic E-state index is 14.4. The van der Waals surface area contributed by atoms with E-state index >= 15 is 0 Å². The summed E-state index contributed by atoms with van der Waals surface area (Å²) in [6, 6.07) is 11.7. The third-order valence-electron chi connectivity index (χ3n) is 5.58. The van der Waals surface area contributed by atoms with E-state index in [1.54, 1.807) is 19.1 Å². The van der Waals surface area contributed by atoms with Crippen molar-refractivity contribution in [2.24, 2.45) is 11.1 Å².